The van der Waals surface area contributed by atoms with Crippen LogP contribution in [0, 0.1) is 0 Å². The van der Waals surface area contributed by atoms with E-state index in [4.69, 9.17) is 22.7 Å². The molecule has 0 radical (unpaired) electrons. The van der Waals surface area contributed by atoms with Crippen molar-refractivity contribution in [2.45, 2.75) is 154 Å². The first kappa shape index (κ1) is 28.8. The Hall–Kier alpha value is 0.797. The lowest BCUT2D eigenvalue weighted by molar-refractivity contribution is 0.521. The Morgan fingerprint density at radius 2 is 0.607 bits per heavy atom. The van der Waals surface area contributed by atoms with Gasteiger partial charge in [0.05, 0.1) is 0 Å². The summed E-state index contributed by atoms with van der Waals surface area (Å²) in [5, 5.41) is 0. The zero-order chi connectivity index (χ0) is 20.8. The third-order valence-corrected chi connectivity index (χ3v) is 8.28. The quantitative estimate of drug-likeness (QED) is 0.0627. The molecule has 0 nitrogen and oxygen atoms in total. The van der Waals surface area contributed by atoms with Crippen LogP contribution < -0.4 is 0 Å². The Kier molecular flexibility index (Phi) is 23.1. The van der Waals surface area contributed by atoms with E-state index < -0.39 is 7.38 Å². The maximum atomic E-state index is 6.36. The molecule has 0 spiro atoms. The molecule has 0 atom stereocenters. The highest BCUT2D eigenvalue weighted by Crippen LogP contribution is 2.19. The third kappa shape index (κ3) is 26.8. The fourth-order valence-corrected chi connectivity index (χ4v) is 5.68. The molecular formula is C25H52Cl2Si. The molecule has 0 aliphatic heterocycles. The molecule has 0 saturated heterocycles. The van der Waals surface area contributed by atoms with Gasteiger partial charge in [-0.05, 0) is 12.5 Å². The summed E-state index contributed by atoms with van der Waals surface area (Å²) in [5.74, 6) is 0.843. The van der Waals surface area contributed by atoms with Crippen LogP contribution in [0.5, 0.6) is 0 Å². The molecule has 0 bridgehead atoms. The van der Waals surface area contributed by atoms with E-state index in [-0.39, 0.29) is 0 Å². The van der Waals surface area contributed by atoms with Crippen molar-refractivity contribution in [3.05, 3.63) is 0 Å². The molecule has 0 amide bonds. The average Bonchev–Trinajstić information content (AvgIpc) is 2.65. The van der Waals surface area contributed by atoms with E-state index in [0.29, 0.717) is 0 Å². The van der Waals surface area contributed by atoms with E-state index in [2.05, 4.69) is 13.1 Å². The van der Waals surface area contributed by atoms with Crippen LogP contribution in [0.2, 0.25) is 19.1 Å². The number of alkyl halides is 1. The fraction of sp³-hybridized carbons (Fsp3) is 1.00. The Morgan fingerprint density at radius 3 is 0.821 bits per heavy atom. The van der Waals surface area contributed by atoms with Gasteiger partial charge in [-0.25, -0.2) is 0 Å². The second kappa shape index (κ2) is 22.5. The summed E-state index contributed by atoms with van der Waals surface area (Å²) < 4.78 is 0. The highest BCUT2D eigenvalue weighted by Gasteiger charge is 2.15. The molecule has 0 saturated carbocycles. The number of hydrogen-bond acceptors (Lipinski definition) is 0. The van der Waals surface area contributed by atoms with Gasteiger partial charge in [0, 0.05) is 5.88 Å². The second-order valence-corrected chi connectivity index (χ2v) is 17.0. The molecule has 0 unspecified atom stereocenters. The minimum Gasteiger partial charge on any atom is -0.168 e. The van der Waals surface area contributed by atoms with Crippen LogP contribution in [0.3, 0.4) is 0 Å². The summed E-state index contributed by atoms with van der Waals surface area (Å²) in [6, 6.07) is 1.30. The first-order valence-electron chi connectivity index (χ1n) is 12.8. The Balaban J connectivity index is 3.01. The summed E-state index contributed by atoms with van der Waals surface area (Å²) >= 11 is 12.1. The van der Waals surface area contributed by atoms with Gasteiger partial charge < -0.3 is 0 Å². The van der Waals surface area contributed by atoms with Gasteiger partial charge in [0.2, 0.25) is 0 Å². The van der Waals surface area contributed by atoms with Gasteiger partial charge >= 0.3 is 0 Å². The van der Waals surface area contributed by atoms with Crippen LogP contribution >= 0.6 is 22.7 Å². The SMILES string of the molecule is C[Si](C)(Cl)CCCCCCCCCCCCCCCCCCCCCCCCl. The van der Waals surface area contributed by atoms with Gasteiger partial charge in [-0.3, -0.25) is 0 Å². The number of unbranched alkanes of at least 4 members (excludes halogenated alkanes) is 20. The molecule has 0 fully saturated rings. The van der Waals surface area contributed by atoms with E-state index in [1.807, 2.05) is 0 Å². The largest absolute Gasteiger partial charge is 0.168 e. The number of halogens is 2. The van der Waals surface area contributed by atoms with Crippen LogP contribution in [-0.4, -0.2) is 13.3 Å². The van der Waals surface area contributed by atoms with Crippen molar-refractivity contribution in [3.8, 4) is 0 Å². The highest BCUT2D eigenvalue weighted by atomic mass is 35.6. The minimum absolute atomic E-state index is 0.843. The lowest BCUT2D eigenvalue weighted by atomic mass is 10.0. The zero-order valence-electron chi connectivity index (χ0n) is 19.5. The lowest BCUT2D eigenvalue weighted by Crippen LogP contribution is -2.14. The van der Waals surface area contributed by atoms with Crippen LogP contribution in [0.15, 0.2) is 0 Å². The summed E-state index contributed by atoms with van der Waals surface area (Å²) in [5.41, 5.74) is 0. The summed E-state index contributed by atoms with van der Waals surface area (Å²) in [7, 11) is -1.30. The number of hydrogen-bond donors (Lipinski definition) is 0. The Morgan fingerprint density at radius 1 is 0.393 bits per heavy atom. The molecular weight excluding hydrogens is 399 g/mol. The third-order valence-electron chi connectivity index (χ3n) is 5.90. The van der Waals surface area contributed by atoms with Crippen LogP contribution in [0.4, 0.5) is 0 Å². The molecule has 28 heavy (non-hydrogen) atoms. The van der Waals surface area contributed by atoms with Crippen molar-refractivity contribution in [1.82, 2.24) is 0 Å². The van der Waals surface area contributed by atoms with E-state index in [0.717, 1.165) is 5.88 Å². The summed E-state index contributed by atoms with van der Waals surface area (Å²) in [6.45, 7) is 4.53. The fourth-order valence-electron chi connectivity index (χ4n) is 4.00. The van der Waals surface area contributed by atoms with Crippen molar-refractivity contribution in [1.29, 1.82) is 0 Å². The topological polar surface area (TPSA) is 0 Å². The Bertz CT molecular complexity index is 289. The van der Waals surface area contributed by atoms with Crippen molar-refractivity contribution < 1.29 is 0 Å². The predicted octanol–water partition coefficient (Wildman–Crippen LogP) is 10.9. The molecule has 0 aromatic rings. The summed E-state index contributed by atoms with van der Waals surface area (Å²) in [4.78, 5) is 0. The van der Waals surface area contributed by atoms with Gasteiger partial charge in [0.1, 0.15) is 7.38 Å². The molecule has 0 aromatic heterocycles. The monoisotopic (exact) mass is 450 g/mol. The predicted molar refractivity (Wildman–Crippen MR) is 136 cm³/mol. The highest BCUT2D eigenvalue weighted by molar-refractivity contribution is 7.19. The maximum Gasteiger partial charge on any atom is 0.150 e. The average molecular weight is 452 g/mol. The Labute approximate surface area is 189 Å². The smallest absolute Gasteiger partial charge is 0.150 e. The molecule has 0 rings (SSSR count). The molecule has 0 aliphatic carbocycles. The van der Waals surface area contributed by atoms with Gasteiger partial charge in [-0.2, -0.15) is 11.1 Å². The maximum absolute atomic E-state index is 6.36. The van der Waals surface area contributed by atoms with Gasteiger partial charge in [0.25, 0.3) is 0 Å². The second-order valence-electron chi connectivity index (χ2n) is 9.58. The minimum atomic E-state index is -1.30. The van der Waals surface area contributed by atoms with Gasteiger partial charge in [-0.1, -0.05) is 142 Å². The van der Waals surface area contributed by atoms with Crippen molar-refractivity contribution in [2.24, 2.45) is 0 Å². The van der Waals surface area contributed by atoms with Crippen LogP contribution in [0.1, 0.15) is 135 Å². The van der Waals surface area contributed by atoms with Crippen LogP contribution in [0.25, 0.3) is 0 Å². The zero-order valence-corrected chi connectivity index (χ0v) is 22.0. The number of rotatable bonds is 23. The lowest BCUT2D eigenvalue weighted by Gasteiger charge is -2.11. The van der Waals surface area contributed by atoms with Crippen molar-refractivity contribution >= 4 is 30.1 Å². The normalized spacial score (nSPS) is 12.0. The molecule has 0 N–H and O–H groups in total. The van der Waals surface area contributed by atoms with E-state index >= 15 is 0 Å². The molecule has 170 valence electrons. The first-order valence-corrected chi connectivity index (χ1v) is 17.6. The van der Waals surface area contributed by atoms with Crippen molar-refractivity contribution in [3.63, 3.8) is 0 Å². The van der Waals surface area contributed by atoms with Crippen LogP contribution in [-0.2, 0) is 0 Å². The molecule has 0 aliphatic rings. The van der Waals surface area contributed by atoms with E-state index in [9.17, 15) is 0 Å². The van der Waals surface area contributed by atoms with E-state index in [1.54, 1.807) is 0 Å². The van der Waals surface area contributed by atoms with Gasteiger partial charge in [-0.15, -0.1) is 11.6 Å². The standard InChI is InChI=1S/C25H52Cl2Si/c1-28(2,27)25-23-21-19-17-15-13-11-9-7-5-3-4-6-8-10-12-14-16-18-20-22-24-26/h3-25H2,1-2H3. The summed E-state index contributed by atoms with van der Waals surface area (Å²) in [6.07, 6.45) is 30.0. The molecule has 0 aromatic carbocycles. The molecule has 0 heterocycles. The molecule has 3 heteroatoms. The first-order chi connectivity index (χ1) is 13.6. The van der Waals surface area contributed by atoms with Crippen molar-refractivity contribution in [2.75, 3.05) is 5.88 Å². The van der Waals surface area contributed by atoms with E-state index in [1.165, 1.54) is 141 Å². The van der Waals surface area contributed by atoms with Gasteiger partial charge in [0.15, 0.2) is 0 Å².